The van der Waals surface area contributed by atoms with Crippen LogP contribution in [0, 0.1) is 0 Å². The largest absolute Gasteiger partial charge is 0.390 e. The molecule has 146 valence electrons. The van der Waals surface area contributed by atoms with Crippen LogP contribution >= 0.6 is 0 Å². The zero-order valence-corrected chi connectivity index (χ0v) is 16.3. The number of nitrogens with zero attached hydrogens (tertiary/aromatic N) is 2. The first-order chi connectivity index (χ1) is 13.3. The Morgan fingerprint density at radius 1 is 0.964 bits per heavy atom. The standard InChI is InChI=1S/C19H18N2O5S2/c22-17-13-27(23,24)12-16(17)21(15-8-2-1-3-9-15)28(25,26)18-10-4-6-14-7-5-11-20-19(14)18/h1-11,16-17,22H,12-13H2/t16-,17+/m1/s1. The van der Waals surface area contributed by atoms with E-state index in [1.165, 1.54) is 12.3 Å². The molecule has 3 aromatic rings. The van der Waals surface area contributed by atoms with Gasteiger partial charge in [-0.1, -0.05) is 36.4 Å². The number of sulfonamides is 1. The summed E-state index contributed by atoms with van der Waals surface area (Å²) in [6.07, 6.45) is 0.186. The summed E-state index contributed by atoms with van der Waals surface area (Å²) in [6, 6.07) is 15.4. The summed E-state index contributed by atoms with van der Waals surface area (Å²) in [5.74, 6) is -0.912. The van der Waals surface area contributed by atoms with E-state index < -0.39 is 43.5 Å². The number of sulfone groups is 1. The molecule has 9 heteroatoms. The van der Waals surface area contributed by atoms with E-state index in [2.05, 4.69) is 4.98 Å². The number of benzene rings is 2. The van der Waals surface area contributed by atoms with Gasteiger partial charge in [-0.25, -0.2) is 16.8 Å². The fourth-order valence-electron chi connectivity index (χ4n) is 3.51. The fourth-order valence-corrected chi connectivity index (χ4v) is 7.22. The molecule has 0 spiro atoms. The summed E-state index contributed by atoms with van der Waals surface area (Å²) >= 11 is 0. The number of hydrogen-bond acceptors (Lipinski definition) is 6. The minimum atomic E-state index is -4.20. The second-order valence-corrected chi connectivity index (χ2v) is 10.6. The lowest BCUT2D eigenvalue weighted by atomic mass is 10.2. The smallest absolute Gasteiger partial charge is 0.266 e. The number of pyridine rings is 1. The Hall–Kier alpha value is -2.49. The fraction of sp³-hybridized carbons (Fsp3) is 0.211. The Labute approximate surface area is 163 Å². The predicted molar refractivity (Wildman–Crippen MR) is 106 cm³/mol. The summed E-state index contributed by atoms with van der Waals surface area (Å²) in [6.45, 7) is 0. The van der Waals surface area contributed by atoms with E-state index >= 15 is 0 Å². The van der Waals surface area contributed by atoms with Crippen molar-refractivity contribution in [1.82, 2.24) is 4.98 Å². The van der Waals surface area contributed by atoms with Gasteiger partial charge in [0.15, 0.2) is 9.84 Å². The molecule has 2 atom stereocenters. The highest BCUT2D eigenvalue weighted by atomic mass is 32.2. The van der Waals surface area contributed by atoms with Crippen LogP contribution in [0.2, 0.25) is 0 Å². The molecule has 28 heavy (non-hydrogen) atoms. The van der Waals surface area contributed by atoms with Gasteiger partial charge in [0, 0.05) is 11.6 Å². The number of fused-ring (bicyclic) bond motifs is 1. The number of para-hydroxylation sites is 2. The summed E-state index contributed by atoms with van der Waals surface area (Å²) in [5, 5.41) is 11.0. The van der Waals surface area contributed by atoms with Gasteiger partial charge in [-0.2, -0.15) is 0 Å². The van der Waals surface area contributed by atoms with Crippen LogP contribution in [-0.2, 0) is 19.9 Å². The Morgan fingerprint density at radius 3 is 2.36 bits per heavy atom. The molecule has 0 unspecified atom stereocenters. The van der Waals surface area contributed by atoms with Gasteiger partial charge in [0.05, 0.1) is 34.9 Å². The molecule has 0 bridgehead atoms. The molecule has 0 aliphatic carbocycles. The van der Waals surface area contributed by atoms with E-state index in [1.54, 1.807) is 54.6 Å². The second kappa shape index (κ2) is 6.84. The molecule has 1 aromatic heterocycles. The lowest BCUT2D eigenvalue weighted by Gasteiger charge is -2.31. The maximum Gasteiger partial charge on any atom is 0.266 e. The minimum Gasteiger partial charge on any atom is -0.390 e. The topological polar surface area (TPSA) is 105 Å². The second-order valence-electron chi connectivity index (χ2n) is 6.68. The first-order valence-corrected chi connectivity index (χ1v) is 11.9. The summed E-state index contributed by atoms with van der Waals surface area (Å²) in [4.78, 5) is 4.18. The Kier molecular flexibility index (Phi) is 4.60. The average molecular weight is 418 g/mol. The van der Waals surface area contributed by atoms with Gasteiger partial charge in [0.2, 0.25) is 0 Å². The summed E-state index contributed by atoms with van der Waals surface area (Å²) < 4.78 is 52.5. The number of aliphatic hydroxyl groups is 1. The lowest BCUT2D eigenvalue weighted by molar-refractivity contribution is 0.184. The Bertz CT molecular complexity index is 1220. The average Bonchev–Trinajstić information content (AvgIpc) is 2.94. The zero-order valence-electron chi connectivity index (χ0n) is 14.7. The zero-order chi connectivity index (χ0) is 19.9. The molecule has 1 fully saturated rings. The molecule has 7 nitrogen and oxygen atoms in total. The molecule has 1 aliphatic rings. The van der Waals surface area contributed by atoms with E-state index in [1.807, 2.05) is 0 Å². The van der Waals surface area contributed by atoms with Gasteiger partial charge < -0.3 is 5.11 Å². The highest BCUT2D eigenvalue weighted by molar-refractivity contribution is 7.93. The first kappa shape index (κ1) is 18.9. The van der Waals surface area contributed by atoms with Crippen molar-refractivity contribution in [2.75, 3.05) is 15.8 Å². The van der Waals surface area contributed by atoms with Crippen LogP contribution in [0.5, 0.6) is 0 Å². The van der Waals surface area contributed by atoms with E-state index in [0.29, 0.717) is 10.9 Å². The van der Waals surface area contributed by atoms with Gasteiger partial charge in [0.25, 0.3) is 10.0 Å². The maximum absolute atomic E-state index is 13.7. The number of aromatic nitrogens is 1. The summed E-state index contributed by atoms with van der Waals surface area (Å²) in [7, 11) is -7.76. The monoisotopic (exact) mass is 418 g/mol. The number of aliphatic hydroxyl groups excluding tert-OH is 1. The molecule has 0 saturated carbocycles. The van der Waals surface area contributed by atoms with E-state index in [0.717, 1.165) is 4.31 Å². The molecule has 0 amide bonds. The third-order valence-corrected chi connectivity index (χ3v) is 8.32. The van der Waals surface area contributed by atoms with Crippen LogP contribution in [0.4, 0.5) is 5.69 Å². The van der Waals surface area contributed by atoms with Crippen molar-refractivity contribution in [2.45, 2.75) is 17.0 Å². The molecule has 2 aromatic carbocycles. The molecule has 1 saturated heterocycles. The Balaban J connectivity index is 1.94. The van der Waals surface area contributed by atoms with Gasteiger partial charge in [-0.15, -0.1) is 0 Å². The van der Waals surface area contributed by atoms with Crippen LogP contribution in [0.25, 0.3) is 10.9 Å². The summed E-state index contributed by atoms with van der Waals surface area (Å²) in [5.41, 5.74) is 0.581. The van der Waals surface area contributed by atoms with Crippen molar-refractivity contribution in [3.63, 3.8) is 0 Å². The van der Waals surface area contributed by atoms with Crippen molar-refractivity contribution in [3.05, 3.63) is 66.9 Å². The SMILES string of the molecule is O=S1(=O)C[C@@H](N(c2ccccc2)S(=O)(=O)c2cccc3cccnc23)[C@@H](O)C1. The molecule has 4 rings (SSSR count). The molecular formula is C19H18N2O5S2. The number of rotatable bonds is 4. The van der Waals surface area contributed by atoms with Crippen molar-refractivity contribution < 1.29 is 21.9 Å². The van der Waals surface area contributed by atoms with Gasteiger partial charge in [-0.05, 0) is 24.3 Å². The maximum atomic E-state index is 13.7. The lowest BCUT2D eigenvalue weighted by Crippen LogP contribution is -2.47. The van der Waals surface area contributed by atoms with Gasteiger partial charge >= 0.3 is 0 Å². The van der Waals surface area contributed by atoms with E-state index in [-0.39, 0.29) is 10.6 Å². The third kappa shape index (κ3) is 3.25. The molecule has 1 aliphatic heterocycles. The van der Waals surface area contributed by atoms with Crippen LogP contribution in [0.1, 0.15) is 0 Å². The highest BCUT2D eigenvalue weighted by Crippen LogP contribution is 2.33. The van der Waals surface area contributed by atoms with Gasteiger partial charge in [-0.3, -0.25) is 9.29 Å². The number of hydrogen-bond donors (Lipinski definition) is 1. The van der Waals surface area contributed by atoms with Crippen molar-refractivity contribution in [1.29, 1.82) is 0 Å². The van der Waals surface area contributed by atoms with Crippen molar-refractivity contribution in [3.8, 4) is 0 Å². The van der Waals surface area contributed by atoms with E-state index in [9.17, 15) is 21.9 Å². The third-order valence-electron chi connectivity index (χ3n) is 4.74. The van der Waals surface area contributed by atoms with Gasteiger partial charge in [0.1, 0.15) is 4.90 Å². The molecule has 2 heterocycles. The molecule has 1 N–H and O–H groups in total. The Morgan fingerprint density at radius 2 is 1.68 bits per heavy atom. The minimum absolute atomic E-state index is 0.0362. The number of anilines is 1. The normalized spacial score (nSPS) is 21.6. The van der Waals surface area contributed by atoms with Crippen LogP contribution in [-0.4, -0.2) is 50.6 Å². The first-order valence-electron chi connectivity index (χ1n) is 8.61. The highest BCUT2D eigenvalue weighted by Gasteiger charge is 2.45. The molecule has 0 radical (unpaired) electrons. The quantitative estimate of drug-likeness (QED) is 0.690. The predicted octanol–water partition coefficient (Wildman–Crippen LogP) is 1.59. The van der Waals surface area contributed by atoms with Crippen LogP contribution in [0.3, 0.4) is 0 Å². The van der Waals surface area contributed by atoms with Crippen LogP contribution < -0.4 is 4.31 Å². The van der Waals surface area contributed by atoms with Crippen molar-refractivity contribution >= 4 is 36.5 Å². The van der Waals surface area contributed by atoms with Crippen LogP contribution in [0.15, 0.2) is 71.8 Å². The molecular weight excluding hydrogens is 400 g/mol. The van der Waals surface area contributed by atoms with E-state index in [4.69, 9.17) is 0 Å². The van der Waals surface area contributed by atoms with Crippen molar-refractivity contribution in [2.24, 2.45) is 0 Å².